The quantitative estimate of drug-likeness (QED) is 0.822. The number of methoxy groups -OCH3 is 1. The van der Waals surface area contributed by atoms with Gasteiger partial charge in [0, 0.05) is 10.4 Å². The van der Waals surface area contributed by atoms with Crippen LogP contribution in [0.4, 0.5) is 0 Å². The molecule has 0 aliphatic carbocycles. The van der Waals surface area contributed by atoms with E-state index in [0.29, 0.717) is 29.6 Å². The van der Waals surface area contributed by atoms with Crippen molar-refractivity contribution in [3.8, 4) is 11.5 Å². The van der Waals surface area contributed by atoms with Crippen molar-refractivity contribution in [1.82, 2.24) is 5.32 Å². The lowest BCUT2D eigenvalue weighted by Crippen LogP contribution is -2.31. The molecule has 5 heteroatoms. The normalized spacial score (nSPS) is 12.0. The lowest BCUT2D eigenvalue weighted by atomic mass is 10.0. The van der Waals surface area contributed by atoms with Crippen molar-refractivity contribution < 1.29 is 14.3 Å². The van der Waals surface area contributed by atoms with Gasteiger partial charge in [0.1, 0.15) is 0 Å². The molecule has 0 aliphatic rings. The van der Waals surface area contributed by atoms with Gasteiger partial charge in [-0.1, -0.05) is 19.9 Å². The summed E-state index contributed by atoms with van der Waals surface area (Å²) in [7, 11) is 1.57. The SMILES string of the molecule is CCOc1ccc(C(=O)N[C@@H](c2cccs2)C(C)C)cc1OC. The number of carbonyl (C=O) groups excluding carboxylic acids is 1. The Kier molecular flexibility index (Phi) is 6.04. The van der Waals surface area contributed by atoms with Gasteiger partial charge < -0.3 is 14.8 Å². The first-order chi connectivity index (χ1) is 11.1. The Labute approximate surface area is 141 Å². The smallest absolute Gasteiger partial charge is 0.251 e. The van der Waals surface area contributed by atoms with E-state index >= 15 is 0 Å². The van der Waals surface area contributed by atoms with Crippen LogP contribution in [0, 0.1) is 5.92 Å². The molecule has 0 spiro atoms. The van der Waals surface area contributed by atoms with Crippen molar-refractivity contribution in [2.45, 2.75) is 26.8 Å². The Balaban J connectivity index is 2.19. The van der Waals surface area contributed by atoms with Gasteiger partial charge in [-0.25, -0.2) is 0 Å². The molecule has 0 radical (unpaired) electrons. The van der Waals surface area contributed by atoms with Gasteiger partial charge >= 0.3 is 0 Å². The summed E-state index contributed by atoms with van der Waals surface area (Å²) < 4.78 is 10.8. The summed E-state index contributed by atoms with van der Waals surface area (Å²) >= 11 is 1.65. The number of amides is 1. The van der Waals surface area contributed by atoms with Gasteiger partial charge in [-0.3, -0.25) is 4.79 Å². The zero-order valence-corrected chi connectivity index (χ0v) is 14.8. The molecule has 2 rings (SSSR count). The minimum absolute atomic E-state index is 0.0000586. The van der Waals surface area contributed by atoms with Crippen LogP contribution in [0.3, 0.4) is 0 Å². The summed E-state index contributed by atoms with van der Waals surface area (Å²) in [4.78, 5) is 13.7. The molecule has 0 fully saturated rings. The fourth-order valence-electron chi connectivity index (χ4n) is 2.34. The van der Waals surface area contributed by atoms with Crippen molar-refractivity contribution in [1.29, 1.82) is 0 Å². The second-order valence-corrected chi connectivity index (χ2v) is 6.49. The lowest BCUT2D eigenvalue weighted by molar-refractivity contribution is 0.0926. The van der Waals surface area contributed by atoms with Gasteiger partial charge in [-0.15, -0.1) is 11.3 Å². The van der Waals surface area contributed by atoms with E-state index in [2.05, 4.69) is 19.2 Å². The van der Waals surface area contributed by atoms with Crippen LogP contribution < -0.4 is 14.8 Å². The molecule has 1 amide bonds. The monoisotopic (exact) mass is 333 g/mol. The summed E-state index contributed by atoms with van der Waals surface area (Å²) in [6.45, 7) is 6.66. The highest BCUT2D eigenvalue weighted by molar-refractivity contribution is 7.10. The fraction of sp³-hybridized carbons (Fsp3) is 0.389. The van der Waals surface area contributed by atoms with Crippen LogP contribution in [0.25, 0.3) is 0 Å². The Morgan fingerprint density at radius 3 is 2.61 bits per heavy atom. The van der Waals surface area contributed by atoms with Crippen LogP contribution in [0.5, 0.6) is 11.5 Å². The number of ether oxygens (including phenoxy) is 2. The molecule has 2 aromatic rings. The minimum atomic E-state index is -0.113. The number of hydrogen-bond acceptors (Lipinski definition) is 4. The molecule has 1 aromatic heterocycles. The van der Waals surface area contributed by atoms with Gasteiger partial charge in [-0.2, -0.15) is 0 Å². The average Bonchev–Trinajstić information content (AvgIpc) is 3.06. The molecule has 0 saturated carbocycles. The molecule has 1 aromatic carbocycles. The highest BCUT2D eigenvalue weighted by Gasteiger charge is 2.20. The summed E-state index contributed by atoms with van der Waals surface area (Å²) in [6.07, 6.45) is 0. The van der Waals surface area contributed by atoms with Crippen LogP contribution in [0.1, 0.15) is 42.0 Å². The third kappa shape index (κ3) is 4.26. The van der Waals surface area contributed by atoms with Crippen LogP contribution in [0.2, 0.25) is 0 Å². The number of nitrogens with one attached hydrogen (secondary N) is 1. The molecular weight excluding hydrogens is 310 g/mol. The first-order valence-corrected chi connectivity index (χ1v) is 8.59. The zero-order chi connectivity index (χ0) is 16.8. The molecule has 23 heavy (non-hydrogen) atoms. The first kappa shape index (κ1) is 17.3. The minimum Gasteiger partial charge on any atom is -0.493 e. The summed E-state index contributed by atoms with van der Waals surface area (Å²) in [5, 5.41) is 5.14. The second-order valence-electron chi connectivity index (χ2n) is 5.51. The van der Waals surface area contributed by atoms with E-state index in [1.807, 2.05) is 24.4 Å². The van der Waals surface area contributed by atoms with Crippen LogP contribution in [0.15, 0.2) is 35.7 Å². The zero-order valence-electron chi connectivity index (χ0n) is 14.0. The largest absolute Gasteiger partial charge is 0.493 e. The van der Waals surface area contributed by atoms with Gasteiger partial charge in [-0.05, 0) is 42.5 Å². The number of benzene rings is 1. The molecule has 1 atom stereocenters. The third-order valence-corrected chi connectivity index (χ3v) is 4.48. The Bertz CT molecular complexity index is 638. The van der Waals surface area contributed by atoms with Crippen molar-refractivity contribution in [3.63, 3.8) is 0 Å². The van der Waals surface area contributed by atoms with E-state index in [9.17, 15) is 4.79 Å². The number of hydrogen-bond donors (Lipinski definition) is 1. The molecule has 0 bridgehead atoms. The number of thiophene rings is 1. The van der Waals surface area contributed by atoms with Crippen molar-refractivity contribution in [2.75, 3.05) is 13.7 Å². The van der Waals surface area contributed by atoms with E-state index in [4.69, 9.17) is 9.47 Å². The topological polar surface area (TPSA) is 47.6 Å². The van der Waals surface area contributed by atoms with E-state index in [1.165, 1.54) is 0 Å². The Hall–Kier alpha value is -2.01. The predicted octanol–water partition coefficient (Wildman–Crippen LogP) is 4.28. The number of rotatable bonds is 7. The van der Waals surface area contributed by atoms with Gasteiger partial charge in [0.2, 0.25) is 0 Å². The van der Waals surface area contributed by atoms with Crippen LogP contribution in [-0.2, 0) is 0 Å². The van der Waals surface area contributed by atoms with Gasteiger partial charge in [0.25, 0.3) is 5.91 Å². The van der Waals surface area contributed by atoms with Gasteiger partial charge in [0.05, 0.1) is 19.8 Å². The van der Waals surface area contributed by atoms with Gasteiger partial charge in [0.15, 0.2) is 11.5 Å². The molecular formula is C18H23NO3S. The molecule has 1 N–H and O–H groups in total. The number of carbonyl (C=O) groups is 1. The molecule has 4 nitrogen and oxygen atoms in total. The third-order valence-electron chi connectivity index (χ3n) is 3.53. The Morgan fingerprint density at radius 2 is 2.04 bits per heavy atom. The maximum atomic E-state index is 12.6. The van der Waals surface area contributed by atoms with Crippen LogP contribution in [-0.4, -0.2) is 19.6 Å². The van der Waals surface area contributed by atoms with E-state index in [0.717, 1.165) is 4.88 Å². The fourth-order valence-corrected chi connectivity index (χ4v) is 3.29. The molecule has 0 saturated heterocycles. The van der Waals surface area contributed by atoms with E-state index < -0.39 is 0 Å². The highest BCUT2D eigenvalue weighted by Crippen LogP contribution is 2.29. The first-order valence-electron chi connectivity index (χ1n) is 7.71. The van der Waals surface area contributed by atoms with Crippen molar-refractivity contribution >= 4 is 17.2 Å². The maximum absolute atomic E-state index is 12.6. The van der Waals surface area contributed by atoms with Crippen molar-refractivity contribution in [2.24, 2.45) is 5.92 Å². The standard InChI is InChI=1S/C18H23NO3S/c1-5-22-14-9-8-13(11-15(14)21-4)18(20)19-17(12(2)3)16-7-6-10-23-16/h6-12,17H,5H2,1-4H3,(H,19,20)/t17-/m1/s1. The highest BCUT2D eigenvalue weighted by atomic mass is 32.1. The summed E-state index contributed by atoms with van der Waals surface area (Å²) in [5.74, 6) is 1.41. The van der Waals surface area contributed by atoms with E-state index in [1.54, 1.807) is 36.6 Å². The van der Waals surface area contributed by atoms with Crippen molar-refractivity contribution in [3.05, 3.63) is 46.2 Å². The molecule has 0 aliphatic heterocycles. The second kappa shape index (κ2) is 8.02. The lowest BCUT2D eigenvalue weighted by Gasteiger charge is -2.21. The maximum Gasteiger partial charge on any atom is 0.251 e. The predicted molar refractivity (Wildman–Crippen MR) is 93.5 cm³/mol. The summed E-state index contributed by atoms with van der Waals surface area (Å²) in [5.41, 5.74) is 0.563. The van der Waals surface area contributed by atoms with E-state index in [-0.39, 0.29) is 11.9 Å². The molecule has 1 heterocycles. The van der Waals surface area contributed by atoms with Crippen LogP contribution >= 0.6 is 11.3 Å². The average molecular weight is 333 g/mol. The summed E-state index contributed by atoms with van der Waals surface area (Å²) in [6, 6.07) is 9.30. The molecule has 0 unspecified atom stereocenters. The molecule has 124 valence electrons. The Morgan fingerprint density at radius 1 is 1.26 bits per heavy atom.